The Morgan fingerprint density at radius 2 is 1.88 bits per heavy atom. The highest BCUT2D eigenvalue weighted by Gasteiger charge is 2.13. The van der Waals surface area contributed by atoms with Gasteiger partial charge >= 0.3 is 5.69 Å². The summed E-state index contributed by atoms with van der Waals surface area (Å²) in [7, 11) is 0. The first-order valence-corrected chi connectivity index (χ1v) is 10.6. The summed E-state index contributed by atoms with van der Waals surface area (Å²) in [6, 6.07) is 15.5. The Morgan fingerprint density at radius 3 is 2.64 bits per heavy atom. The van der Waals surface area contributed by atoms with Crippen molar-refractivity contribution in [3.05, 3.63) is 82.0 Å². The average Bonchev–Trinajstić information content (AvgIpc) is 3.44. The molecule has 3 heterocycles. The number of aryl methyl sites for hydroxylation is 2. The lowest BCUT2D eigenvalue weighted by Gasteiger charge is -2.06. The highest BCUT2D eigenvalue weighted by Crippen LogP contribution is 2.19. The maximum Gasteiger partial charge on any atom is 0.350 e. The zero-order valence-electron chi connectivity index (χ0n) is 18.3. The molecule has 0 saturated carbocycles. The topological polar surface area (TPSA) is 112 Å². The minimum absolute atomic E-state index is 0.126. The van der Waals surface area contributed by atoms with E-state index in [1.807, 2.05) is 62.4 Å². The van der Waals surface area contributed by atoms with Crippen LogP contribution in [0.5, 0.6) is 0 Å². The van der Waals surface area contributed by atoms with Crippen molar-refractivity contribution in [2.24, 2.45) is 0 Å². The van der Waals surface area contributed by atoms with E-state index in [-0.39, 0.29) is 24.6 Å². The minimum Gasteiger partial charge on any atom is -0.354 e. The molecular weight excluding hydrogens is 420 g/mol. The Bertz CT molecular complexity index is 1510. The molecule has 0 spiro atoms. The largest absolute Gasteiger partial charge is 0.354 e. The van der Waals surface area contributed by atoms with Crippen molar-refractivity contribution in [3.8, 4) is 5.69 Å². The predicted octanol–water partition coefficient (Wildman–Crippen LogP) is 1.60. The number of fused-ring (bicyclic) bond motifs is 3. The van der Waals surface area contributed by atoms with E-state index in [9.17, 15) is 9.59 Å². The van der Waals surface area contributed by atoms with Crippen LogP contribution in [0.25, 0.3) is 22.2 Å². The van der Waals surface area contributed by atoms with Gasteiger partial charge in [0.2, 0.25) is 5.91 Å². The van der Waals surface area contributed by atoms with Crippen molar-refractivity contribution in [1.82, 2.24) is 39.7 Å². The molecule has 33 heavy (non-hydrogen) atoms. The molecule has 5 aromatic rings. The number of benzene rings is 2. The van der Waals surface area contributed by atoms with Crippen LogP contribution in [-0.2, 0) is 17.8 Å². The van der Waals surface area contributed by atoms with Crippen molar-refractivity contribution in [3.63, 3.8) is 0 Å². The molecule has 0 aliphatic heterocycles. The van der Waals surface area contributed by atoms with Gasteiger partial charge in [0.25, 0.3) is 0 Å². The summed E-state index contributed by atoms with van der Waals surface area (Å²) in [4.78, 5) is 25.4. The van der Waals surface area contributed by atoms with E-state index in [1.165, 1.54) is 11.0 Å². The normalized spacial score (nSPS) is 11.3. The van der Waals surface area contributed by atoms with Crippen LogP contribution in [0.2, 0.25) is 0 Å². The number of tetrazole rings is 1. The van der Waals surface area contributed by atoms with Crippen LogP contribution in [0, 0.1) is 13.8 Å². The second-order valence-corrected chi connectivity index (χ2v) is 8.00. The van der Waals surface area contributed by atoms with Gasteiger partial charge in [-0.25, -0.2) is 18.6 Å². The average molecular weight is 442 g/mol. The van der Waals surface area contributed by atoms with Crippen LogP contribution >= 0.6 is 0 Å². The van der Waals surface area contributed by atoms with Gasteiger partial charge in [0, 0.05) is 6.54 Å². The number of hydrogen-bond donors (Lipinski definition) is 1. The second kappa shape index (κ2) is 8.30. The number of carbonyl (C=O) groups excluding carboxylic acids is 1. The number of carbonyl (C=O) groups is 1. The van der Waals surface area contributed by atoms with Crippen molar-refractivity contribution >= 4 is 22.5 Å². The zero-order valence-corrected chi connectivity index (χ0v) is 18.3. The molecule has 1 N–H and O–H groups in total. The first-order valence-electron chi connectivity index (χ1n) is 10.6. The molecule has 1 amide bonds. The van der Waals surface area contributed by atoms with Crippen LogP contribution < -0.4 is 11.0 Å². The van der Waals surface area contributed by atoms with Crippen LogP contribution in [0.1, 0.15) is 16.7 Å². The van der Waals surface area contributed by atoms with E-state index < -0.39 is 0 Å². The predicted molar refractivity (Wildman–Crippen MR) is 122 cm³/mol. The number of hydrogen-bond acceptors (Lipinski definition) is 6. The number of rotatable bonds is 6. The second-order valence-electron chi connectivity index (χ2n) is 8.00. The van der Waals surface area contributed by atoms with Gasteiger partial charge in [-0.05, 0) is 70.6 Å². The number of aromatic nitrogens is 7. The third-order valence-corrected chi connectivity index (χ3v) is 5.55. The Hall–Kier alpha value is -4.34. The fourth-order valence-corrected chi connectivity index (χ4v) is 3.89. The fraction of sp³-hybridized carbons (Fsp3) is 0.217. The maximum absolute atomic E-state index is 13.0. The molecule has 0 fully saturated rings. The van der Waals surface area contributed by atoms with Crippen LogP contribution in [0.3, 0.4) is 0 Å². The zero-order chi connectivity index (χ0) is 22.9. The molecule has 0 bridgehead atoms. The van der Waals surface area contributed by atoms with E-state index in [4.69, 9.17) is 0 Å². The molecule has 0 aliphatic rings. The lowest BCUT2D eigenvalue weighted by atomic mass is 10.1. The van der Waals surface area contributed by atoms with E-state index in [0.717, 1.165) is 33.3 Å². The minimum atomic E-state index is -0.211. The standard InChI is InChI=1S/C23H22N8O2/c1-15-3-6-18-12-16(2)22-26-29(23(33)31(22)20(18)11-15)10-9-24-21(32)13-17-4-7-19(8-5-17)30-14-25-27-28-30/h3-8,11-12,14H,9-10,13H2,1-2H3,(H,24,32). The van der Waals surface area contributed by atoms with E-state index in [1.54, 1.807) is 9.08 Å². The Balaban J connectivity index is 1.26. The summed E-state index contributed by atoms with van der Waals surface area (Å²) in [6.07, 6.45) is 1.74. The number of nitrogens with zero attached hydrogens (tertiary/aromatic N) is 7. The van der Waals surface area contributed by atoms with Gasteiger partial charge in [-0.1, -0.05) is 24.3 Å². The first kappa shape index (κ1) is 20.6. The summed E-state index contributed by atoms with van der Waals surface area (Å²) in [5, 5.41) is 19.4. The monoisotopic (exact) mass is 442 g/mol. The third-order valence-electron chi connectivity index (χ3n) is 5.55. The highest BCUT2D eigenvalue weighted by atomic mass is 16.2. The highest BCUT2D eigenvalue weighted by molar-refractivity contribution is 5.84. The van der Waals surface area contributed by atoms with E-state index >= 15 is 0 Å². The van der Waals surface area contributed by atoms with Crippen molar-refractivity contribution in [2.45, 2.75) is 26.8 Å². The van der Waals surface area contributed by atoms with Crippen LogP contribution in [0.15, 0.2) is 59.7 Å². The molecule has 0 saturated heterocycles. The third kappa shape index (κ3) is 3.98. The Labute approximate surface area is 188 Å². The van der Waals surface area contributed by atoms with E-state index in [2.05, 4.69) is 25.9 Å². The molecule has 0 atom stereocenters. The quantitative estimate of drug-likeness (QED) is 0.428. The molecule has 5 rings (SSSR count). The summed E-state index contributed by atoms with van der Waals surface area (Å²) < 4.78 is 4.60. The van der Waals surface area contributed by atoms with E-state index in [0.29, 0.717) is 12.2 Å². The molecule has 0 unspecified atom stereocenters. The van der Waals surface area contributed by atoms with Crippen molar-refractivity contribution in [2.75, 3.05) is 6.54 Å². The lowest BCUT2D eigenvalue weighted by molar-refractivity contribution is -0.120. The fourth-order valence-electron chi connectivity index (χ4n) is 3.89. The van der Waals surface area contributed by atoms with Gasteiger partial charge in [0.15, 0.2) is 5.65 Å². The number of pyridine rings is 1. The van der Waals surface area contributed by atoms with Crippen LogP contribution in [0.4, 0.5) is 0 Å². The summed E-state index contributed by atoms with van der Waals surface area (Å²) in [6.45, 7) is 4.53. The van der Waals surface area contributed by atoms with Gasteiger partial charge in [-0.3, -0.25) is 4.79 Å². The van der Waals surface area contributed by atoms with Gasteiger partial charge < -0.3 is 5.32 Å². The molecule has 2 aromatic carbocycles. The molecule has 0 aliphatic carbocycles. The van der Waals surface area contributed by atoms with Crippen LogP contribution in [-0.4, -0.2) is 46.8 Å². The smallest absolute Gasteiger partial charge is 0.350 e. The first-order chi connectivity index (χ1) is 16.0. The summed E-state index contributed by atoms with van der Waals surface area (Å²) in [5.41, 5.74) is 4.94. The molecule has 3 aromatic heterocycles. The number of amides is 1. The summed E-state index contributed by atoms with van der Waals surface area (Å²) >= 11 is 0. The molecular formula is C23H22N8O2. The molecule has 10 heteroatoms. The Kier molecular flexibility index (Phi) is 5.17. The molecule has 0 radical (unpaired) electrons. The summed E-state index contributed by atoms with van der Waals surface area (Å²) in [5.74, 6) is -0.126. The van der Waals surface area contributed by atoms with Crippen molar-refractivity contribution < 1.29 is 4.79 Å². The lowest BCUT2D eigenvalue weighted by Crippen LogP contribution is -2.32. The molecule has 10 nitrogen and oxygen atoms in total. The Morgan fingerprint density at radius 1 is 1.06 bits per heavy atom. The molecule has 166 valence electrons. The van der Waals surface area contributed by atoms with Gasteiger partial charge in [0.05, 0.1) is 24.2 Å². The SMILES string of the molecule is Cc1ccc2cc(C)c3nn(CCNC(=O)Cc4ccc(-n5cnnn5)cc4)c(=O)n3c2c1. The van der Waals surface area contributed by atoms with Gasteiger partial charge in [-0.15, -0.1) is 10.2 Å². The maximum atomic E-state index is 13.0. The van der Waals surface area contributed by atoms with Crippen molar-refractivity contribution in [1.29, 1.82) is 0 Å². The van der Waals surface area contributed by atoms with Gasteiger partial charge in [0.1, 0.15) is 6.33 Å². The number of nitrogens with one attached hydrogen (secondary N) is 1. The van der Waals surface area contributed by atoms with Gasteiger partial charge in [-0.2, -0.15) is 0 Å².